The molecule has 0 saturated heterocycles. The van der Waals surface area contributed by atoms with E-state index in [0.29, 0.717) is 5.76 Å². The molecule has 5 nitrogen and oxygen atoms in total. The van der Waals surface area contributed by atoms with E-state index in [0.717, 1.165) is 5.69 Å². The largest absolute Gasteiger partial charge is 0.468 e. The van der Waals surface area contributed by atoms with Gasteiger partial charge in [0.1, 0.15) is 5.92 Å². The molecular formula is C8H12N2O3. The van der Waals surface area contributed by atoms with Crippen LogP contribution in [0.4, 0.5) is 0 Å². The van der Waals surface area contributed by atoms with Crippen LogP contribution in [0.15, 0.2) is 10.6 Å². The van der Waals surface area contributed by atoms with E-state index in [9.17, 15) is 4.79 Å². The Morgan fingerprint density at radius 3 is 2.92 bits per heavy atom. The molecule has 1 atom stereocenters. The summed E-state index contributed by atoms with van der Waals surface area (Å²) in [6.07, 6.45) is 0. The second kappa shape index (κ2) is 4.04. The number of ether oxygens (including phenoxy) is 1. The molecule has 0 bridgehead atoms. The molecule has 72 valence electrons. The summed E-state index contributed by atoms with van der Waals surface area (Å²) in [4.78, 5) is 11.2. The van der Waals surface area contributed by atoms with Gasteiger partial charge in [-0.25, -0.2) is 0 Å². The average molecular weight is 184 g/mol. The fourth-order valence-corrected chi connectivity index (χ4v) is 1.02. The van der Waals surface area contributed by atoms with Crippen molar-refractivity contribution in [2.75, 3.05) is 13.7 Å². The van der Waals surface area contributed by atoms with Crippen molar-refractivity contribution < 1.29 is 14.1 Å². The number of nitrogens with two attached hydrogens (primary N) is 1. The minimum atomic E-state index is -0.550. The summed E-state index contributed by atoms with van der Waals surface area (Å²) in [5.74, 6) is -0.503. The zero-order chi connectivity index (χ0) is 9.84. The summed E-state index contributed by atoms with van der Waals surface area (Å²) in [6.45, 7) is 1.93. The molecule has 0 amide bonds. The number of hydrogen-bond acceptors (Lipinski definition) is 5. The van der Waals surface area contributed by atoms with Gasteiger partial charge in [0.25, 0.3) is 0 Å². The van der Waals surface area contributed by atoms with Gasteiger partial charge in [-0.3, -0.25) is 4.79 Å². The van der Waals surface area contributed by atoms with E-state index < -0.39 is 11.9 Å². The molecular weight excluding hydrogens is 172 g/mol. The van der Waals surface area contributed by atoms with E-state index >= 15 is 0 Å². The Hall–Kier alpha value is -1.36. The fraction of sp³-hybridized carbons (Fsp3) is 0.500. The maximum Gasteiger partial charge on any atom is 0.317 e. The smallest absolute Gasteiger partial charge is 0.317 e. The van der Waals surface area contributed by atoms with Crippen LogP contribution in [-0.4, -0.2) is 24.8 Å². The highest BCUT2D eigenvalue weighted by Crippen LogP contribution is 2.16. The van der Waals surface area contributed by atoms with Crippen molar-refractivity contribution in [3.05, 3.63) is 17.5 Å². The Morgan fingerprint density at radius 2 is 2.54 bits per heavy atom. The van der Waals surface area contributed by atoms with Crippen molar-refractivity contribution in [3.8, 4) is 0 Å². The number of rotatable bonds is 3. The molecule has 0 aliphatic carbocycles. The summed E-state index contributed by atoms with van der Waals surface area (Å²) in [7, 11) is 1.31. The lowest BCUT2D eigenvalue weighted by Crippen LogP contribution is -2.22. The van der Waals surface area contributed by atoms with E-state index in [4.69, 9.17) is 10.3 Å². The maximum atomic E-state index is 11.2. The first-order valence-electron chi connectivity index (χ1n) is 3.90. The van der Waals surface area contributed by atoms with Crippen molar-refractivity contribution in [1.82, 2.24) is 5.16 Å². The summed E-state index contributed by atoms with van der Waals surface area (Å²) in [6, 6.07) is 1.68. The van der Waals surface area contributed by atoms with Crippen LogP contribution in [0.2, 0.25) is 0 Å². The van der Waals surface area contributed by atoms with Crippen LogP contribution in [-0.2, 0) is 9.53 Å². The van der Waals surface area contributed by atoms with Gasteiger partial charge in [-0.2, -0.15) is 0 Å². The lowest BCUT2D eigenvalue weighted by Gasteiger charge is -2.07. The molecule has 0 aliphatic rings. The van der Waals surface area contributed by atoms with Gasteiger partial charge in [0.2, 0.25) is 0 Å². The molecule has 5 heteroatoms. The molecule has 0 spiro atoms. The molecule has 1 heterocycles. The SMILES string of the molecule is COC(=O)C(CN)c1cc(C)no1. The van der Waals surface area contributed by atoms with Crippen molar-refractivity contribution in [2.24, 2.45) is 5.73 Å². The number of methoxy groups -OCH3 is 1. The third-order valence-corrected chi connectivity index (χ3v) is 1.71. The van der Waals surface area contributed by atoms with Gasteiger partial charge in [-0.1, -0.05) is 5.16 Å². The maximum absolute atomic E-state index is 11.2. The highest BCUT2D eigenvalue weighted by Gasteiger charge is 2.23. The van der Waals surface area contributed by atoms with E-state index in [1.165, 1.54) is 7.11 Å². The minimum Gasteiger partial charge on any atom is -0.468 e. The Kier molecular flexibility index (Phi) is 3.02. The fourth-order valence-electron chi connectivity index (χ4n) is 1.02. The number of esters is 1. The summed E-state index contributed by atoms with van der Waals surface area (Å²) in [5.41, 5.74) is 6.12. The van der Waals surface area contributed by atoms with Crippen LogP contribution in [0.5, 0.6) is 0 Å². The average Bonchev–Trinajstić information content (AvgIpc) is 2.53. The van der Waals surface area contributed by atoms with Crippen molar-refractivity contribution >= 4 is 5.97 Å². The summed E-state index contributed by atoms with van der Waals surface area (Å²) < 4.78 is 9.47. The highest BCUT2D eigenvalue weighted by molar-refractivity contribution is 5.77. The van der Waals surface area contributed by atoms with Gasteiger partial charge >= 0.3 is 5.97 Å². The van der Waals surface area contributed by atoms with Gasteiger partial charge in [-0.05, 0) is 6.92 Å². The number of aryl methyl sites for hydroxylation is 1. The van der Waals surface area contributed by atoms with Gasteiger partial charge in [0.05, 0.1) is 12.8 Å². The van der Waals surface area contributed by atoms with Gasteiger partial charge in [0, 0.05) is 12.6 Å². The van der Waals surface area contributed by atoms with Gasteiger partial charge in [0.15, 0.2) is 5.76 Å². The van der Waals surface area contributed by atoms with E-state index in [-0.39, 0.29) is 6.54 Å². The van der Waals surface area contributed by atoms with Crippen molar-refractivity contribution in [2.45, 2.75) is 12.8 Å². The van der Waals surface area contributed by atoms with E-state index in [1.807, 2.05) is 0 Å². The minimum absolute atomic E-state index is 0.154. The molecule has 1 aromatic rings. The first-order valence-corrected chi connectivity index (χ1v) is 3.90. The number of nitrogens with zero attached hydrogens (tertiary/aromatic N) is 1. The topological polar surface area (TPSA) is 78.4 Å². The molecule has 1 unspecified atom stereocenters. The molecule has 0 aromatic carbocycles. The molecule has 0 aliphatic heterocycles. The predicted octanol–water partition coefficient (Wildman–Crippen LogP) is 0.198. The number of aromatic nitrogens is 1. The third-order valence-electron chi connectivity index (χ3n) is 1.71. The third kappa shape index (κ3) is 2.06. The van der Waals surface area contributed by atoms with Gasteiger partial charge < -0.3 is 15.0 Å². The Bertz CT molecular complexity index is 295. The molecule has 1 aromatic heterocycles. The van der Waals surface area contributed by atoms with Crippen LogP contribution in [0.1, 0.15) is 17.4 Å². The lowest BCUT2D eigenvalue weighted by atomic mass is 10.1. The lowest BCUT2D eigenvalue weighted by molar-refractivity contribution is -0.142. The van der Waals surface area contributed by atoms with Crippen LogP contribution in [0.3, 0.4) is 0 Å². The Morgan fingerprint density at radius 1 is 1.85 bits per heavy atom. The van der Waals surface area contributed by atoms with E-state index in [2.05, 4.69) is 9.89 Å². The van der Waals surface area contributed by atoms with Gasteiger partial charge in [-0.15, -0.1) is 0 Å². The Labute approximate surface area is 75.8 Å². The first-order chi connectivity index (χ1) is 6.19. The summed E-state index contributed by atoms with van der Waals surface area (Å²) in [5, 5.41) is 3.66. The highest BCUT2D eigenvalue weighted by atomic mass is 16.5. The Balaban J connectivity index is 2.84. The van der Waals surface area contributed by atoms with Crippen LogP contribution in [0.25, 0.3) is 0 Å². The second-order valence-electron chi connectivity index (χ2n) is 2.68. The quantitative estimate of drug-likeness (QED) is 0.679. The standard InChI is InChI=1S/C8H12N2O3/c1-5-3-7(13-10-5)6(4-9)8(11)12-2/h3,6H,4,9H2,1-2H3. The van der Waals surface area contributed by atoms with E-state index in [1.54, 1.807) is 13.0 Å². The summed E-state index contributed by atoms with van der Waals surface area (Å²) >= 11 is 0. The zero-order valence-electron chi connectivity index (χ0n) is 7.61. The molecule has 0 fully saturated rings. The van der Waals surface area contributed by atoms with Crippen LogP contribution >= 0.6 is 0 Å². The van der Waals surface area contributed by atoms with Crippen LogP contribution < -0.4 is 5.73 Å². The van der Waals surface area contributed by atoms with Crippen molar-refractivity contribution in [1.29, 1.82) is 0 Å². The number of carbonyl (C=O) groups excluding carboxylic acids is 1. The van der Waals surface area contributed by atoms with Crippen molar-refractivity contribution in [3.63, 3.8) is 0 Å². The number of carbonyl (C=O) groups is 1. The monoisotopic (exact) mass is 184 g/mol. The molecule has 0 radical (unpaired) electrons. The normalized spacial score (nSPS) is 12.5. The second-order valence-corrected chi connectivity index (χ2v) is 2.68. The number of hydrogen-bond donors (Lipinski definition) is 1. The molecule has 0 saturated carbocycles. The first kappa shape index (κ1) is 9.73. The molecule has 1 rings (SSSR count). The zero-order valence-corrected chi connectivity index (χ0v) is 7.61. The molecule has 2 N–H and O–H groups in total. The van der Waals surface area contributed by atoms with Crippen LogP contribution in [0, 0.1) is 6.92 Å². The predicted molar refractivity (Wildman–Crippen MR) is 45.1 cm³/mol. The molecule has 13 heavy (non-hydrogen) atoms.